The van der Waals surface area contributed by atoms with E-state index in [1.54, 1.807) is 0 Å². The lowest BCUT2D eigenvalue weighted by atomic mass is 9.79. The molecule has 2 aliphatic heterocycles. The highest BCUT2D eigenvalue weighted by molar-refractivity contribution is 6.16. The van der Waals surface area contributed by atoms with Crippen molar-refractivity contribution in [3.8, 4) is 0 Å². The lowest BCUT2D eigenvalue weighted by molar-refractivity contribution is -0.125. The van der Waals surface area contributed by atoms with Crippen LogP contribution in [0.15, 0.2) is 35.5 Å². The Morgan fingerprint density at radius 1 is 1.00 bits per heavy atom. The number of hydrogen-bond acceptors (Lipinski definition) is 3. The first-order chi connectivity index (χ1) is 8.75. The first-order valence-electron chi connectivity index (χ1n) is 6.21. The maximum atomic E-state index is 11.9. The zero-order chi connectivity index (χ0) is 12.3. The van der Waals surface area contributed by atoms with Gasteiger partial charge in [-0.05, 0) is 24.5 Å². The van der Waals surface area contributed by atoms with Crippen molar-refractivity contribution in [1.29, 1.82) is 0 Å². The number of para-hydroxylation sites is 1. The second kappa shape index (κ2) is 3.22. The van der Waals surface area contributed by atoms with Crippen molar-refractivity contribution >= 4 is 17.5 Å². The van der Waals surface area contributed by atoms with Crippen LogP contribution in [0.25, 0.3) is 0 Å². The highest BCUT2D eigenvalue weighted by atomic mass is 16.2. The summed E-state index contributed by atoms with van der Waals surface area (Å²) in [5.41, 5.74) is 3.91. The molecule has 2 heterocycles. The highest BCUT2D eigenvalue weighted by Gasteiger charge is 2.45. The number of fused-ring (bicyclic) bond motifs is 4. The number of carbonyl (C=O) groups is 2. The van der Waals surface area contributed by atoms with Gasteiger partial charge in [0.1, 0.15) is 0 Å². The Balaban J connectivity index is 1.90. The van der Waals surface area contributed by atoms with E-state index in [-0.39, 0.29) is 23.7 Å². The number of benzene rings is 1. The van der Waals surface area contributed by atoms with Crippen molar-refractivity contribution in [2.24, 2.45) is 5.92 Å². The van der Waals surface area contributed by atoms with Crippen LogP contribution in [0.3, 0.4) is 0 Å². The summed E-state index contributed by atoms with van der Waals surface area (Å²) in [5, 5.41) is 5.75. The SMILES string of the molecule is O=C1NC(=O)C2CCC3C(=C12)Nc1ccccc13. The Hall–Kier alpha value is -2.10. The van der Waals surface area contributed by atoms with Gasteiger partial charge >= 0.3 is 0 Å². The van der Waals surface area contributed by atoms with E-state index >= 15 is 0 Å². The number of amides is 2. The maximum Gasteiger partial charge on any atom is 0.256 e. The number of nitrogens with one attached hydrogen (secondary N) is 2. The van der Waals surface area contributed by atoms with Crippen LogP contribution in [0, 0.1) is 5.92 Å². The summed E-state index contributed by atoms with van der Waals surface area (Å²) >= 11 is 0. The molecule has 90 valence electrons. The number of carbonyl (C=O) groups excluding carboxylic acids is 2. The van der Waals surface area contributed by atoms with Crippen LogP contribution in [0.4, 0.5) is 5.69 Å². The van der Waals surface area contributed by atoms with Gasteiger partial charge in [0.15, 0.2) is 0 Å². The Bertz CT molecular complexity index is 618. The highest BCUT2D eigenvalue weighted by Crippen LogP contribution is 2.48. The molecule has 0 aromatic heterocycles. The minimum Gasteiger partial charge on any atom is -0.358 e. The molecule has 1 fully saturated rings. The summed E-state index contributed by atoms with van der Waals surface area (Å²) in [6, 6.07) is 8.10. The molecule has 1 saturated heterocycles. The predicted molar refractivity (Wildman–Crippen MR) is 65.7 cm³/mol. The van der Waals surface area contributed by atoms with Gasteiger partial charge in [0.2, 0.25) is 5.91 Å². The van der Waals surface area contributed by atoms with Crippen molar-refractivity contribution in [3.63, 3.8) is 0 Å². The zero-order valence-electron chi connectivity index (χ0n) is 9.69. The molecule has 18 heavy (non-hydrogen) atoms. The van der Waals surface area contributed by atoms with Crippen molar-refractivity contribution < 1.29 is 9.59 Å². The zero-order valence-corrected chi connectivity index (χ0v) is 9.69. The molecule has 2 unspecified atom stereocenters. The largest absolute Gasteiger partial charge is 0.358 e. The Morgan fingerprint density at radius 2 is 1.78 bits per heavy atom. The summed E-state index contributed by atoms with van der Waals surface area (Å²) in [6.07, 6.45) is 1.69. The quantitative estimate of drug-likeness (QED) is 0.676. The molecule has 0 saturated carbocycles. The van der Waals surface area contributed by atoms with E-state index < -0.39 is 0 Å². The van der Waals surface area contributed by atoms with E-state index in [4.69, 9.17) is 0 Å². The number of hydrogen-bond donors (Lipinski definition) is 2. The summed E-state index contributed by atoms with van der Waals surface area (Å²) in [6.45, 7) is 0. The van der Waals surface area contributed by atoms with E-state index in [0.717, 1.165) is 24.2 Å². The number of imide groups is 1. The van der Waals surface area contributed by atoms with Crippen LogP contribution in [-0.2, 0) is 9.59 Å². The molecule has 0 bridgehead atoms. The Kier molecular flexibility index (Phi) is 1.77. The van der Waals surface area contributed by atoms with Crippen molar-refractivity contribution in [3.05, 3.63) is 41.1 Å². The lowest BCUT2D eigenvalue weighted by Gasteiger charge is -2.23. The summed E-state index contributed by atoms with van der Waals surface area (Å²) in [7, 11) is 0. The number of rotatable bonds is 0. The van der Waals surface area contributed by atoms with E-state index in [9.17, 15) is 9.59 Å². The number of anilines is 1. The van der Waals surface area contributed by atoms with Crippen LogP contribution in [-0.4, -0.2) is 11.8 Å². The monoisotopic (exact) mass is 240 g/mol. The van der Waals surface area contributed by atoms with Crippen LogP contribution < -0.4 is 10.6 Å². The Morgan fingerprint density at radius 3 is 2.67 bits per heavy atom. The average Bonchev–Trinajstić information content (AvgIpc) is 2.88. The molecule has 2 N–H and O–H groups in total. The van der Waals surface area contributed by atoms with Crippen molar-refractivity contribution in [2.75, 3.05) is 5.32 Å². The molecule has 1 aromatic carbocycles. The van der Waals surface area contributed by atoms with E-state index in [0.29, 0.717) is 5.57 Å². The predicted octanol–water partition coefficient (Wildman–Crippen LogP) is 1.52. The lowest BCUT2D eigenvalue weighted by Crippen LogP contribution is -2.22. The normalized spacial score (nSPS) is 28.4. The fraction of sp³-hybridized carbons (Fsp3) is 0.286. The van der Waals surface area contributed by atoms with Gasteiger partial charge in [-0.2, -0.15) is 0 Å². The van der Waals surface area contributed by atoms with Crippen molar-refractivity contribution in [2.45, 2.75) is 18.8 Å². The summed E-state index contributed by atoms with van der Waals surface area (Å²) in [5.74, 6) is -0.349. The van der Waals surface area contributed by atoms with Crippen LogP contribution in [0.2, 0.25) is 0 Å². The fourth-order valence-electron chi connectivity index (χ4n) is 3.33. The Labute approximate surface area is 104 Å². The molecule has 0 spiro atoms. The van der Waals surface area contributed by atoms with Gasteiger partial charge in [-0.3, -0.25) is 14.9 Å². The third-order valence-electron chi connectivity index (χ3n) is 4.13. The molecule has 4 nitrogen and oxygen atoms in total. The standard InChI is InChI=1S/C14H12N2O2/c17-13-9-6-5-8-7-3-1-2-4-10(7)15-12(8)11(9)14(18)16-13/h1-4,8-9,15H,5-6H2,(H,16,17,18). The van der Waals surface area contributed by atoms with E-state index in [1.165, 1.54) is 5.56 Å². The van der Waals surface area contributed by atoms with Gasteiger partial charge in [-0.15, -0.1) is 0 Å². The summed E-state index contributed by atoms with van der Waals surface area (Å²) < 4.78 is 0. The smallest absolute Gasteiger partial charge is 0.256 e. The molecular formula is C14H12N2O2. The van der Waals surface area contributed by atoms with Gasteiger partial charge in [0.25, 0.3) is 5.91 Å². The molecule has 0 radical (unpaired) electrons. The third-order valence-corrected chi connectivity index (χ3v) is 4.13. The molecule has 4 heteroatoms. The maximum absolute atomic E-state index is 11.9. The molecular weight excluding hydrogens is 228 g/mol. The summed E-state index contributed by atoms with van der Waals surface area (Å²) in [4.78, 5) is 23.6. The van der Waals surface area contributed by atoms with Gasteiger partial charge in [0.05, 0.1) is 5.92 Å². The second-order valence-electron chi connectivity index (χ2n) is 5.04. The van der Waals surface area contributed by atoms with E-state index in [1.807, 2.05) is 18.2 Å². The third kappa shape index (κ3) is 1.10. The molecule has 4 rings (SSSR count). The molecule has 2 amide bonds. The second-order valence-corrected chi connectivity index (χ2v) is 5.04. The first kappa shape index (κ1) is 9.88. The van der Waals surface area contributed by atoms with Gasteiger partial charge in [-0.25, -0.2) is 0 Å². The minimum atomic E-state index is -0.245. The van der Waals surface area contributed by atoms with Gasteiger partial charge < -0.3 is 5.32 Å². The molecule has 2 atom stereocenters. The number of allylic oxidation sites excluding steroid dienone is 1. The van der Waals surface area contributed by atoms with E-state index in [2.05, 4.69) is 16.7 Å². The van der Waals surface area contributed by atoms with Crippen molar-refractivity contribution in [1.82, 2.24) is 5.32 Å². The molecule has 1 aromatic rings. The van der Waals surface area contributed by atoms with Gasteiger partial charge in [0, 0.05) is 22.9 Å². The van der Waals surface area contributed by atoms with Crippen LogP contribution >= 0.6 is 0 Å². The topological polar surface area (TPSA) is 58.2 Å². The average molecular weight is 240 g/mol. The van der Waals surface area contributed by atoms with Crippen LogP contribution in [0.1, 0.15) is 24.3 Å². The fourth-order valence-corrected chi connectivity index (χ4v) is 3.33. The first-order valence-corrected chi connectivity index (χ1v) is 6.21. The van der Waals surface area contributed by atoms with Gasteiger partial charge in [-0.1, -0.05) is 18.2 Å². The molecule has 3 aliphatic rings. The minimum absolute atomic E-state index is 0.140. The van der Waals surface area contributed by atoms with Crippen LogP contribution in [0.5, 0.6) is 0 Å². The molecule has 1 aliphatic carbocycles.